The van der Waals surface area contributed by atoms with Crippen molar-refractivity contribution in [2.75, 3.05) is 26.2 Å². The zero-order valence-corrected chi connectivity index (χ0v) is 15.8. The van der Waals surface area contributed by atoms with E-state index in [-0.39, 0.29) is 24.4 Å². The highest BCUT2D eigenvalue weighted by Gasteiger charge is 2.30. The first-order chi connectivity index (χ1) is 11.4. The van der Waals surface area contributed by atoms with Gasteiger partial charge in [-0.3, -0.25) is 4.79 Å². The van der Waals surface area contributed by atoms with Gasteiger partial charge in [0.15, 0.2) is 0 Å². The van der Waals surface area contributed by atoms with E-state index in [2.05, 4.69) is 12.2 Å². The summed E-state index contributed by atoms with van der Waals surface area (Å²) in [6.45, 7) is 6.84. The Bertz CT molecular complexity index is 695. The first-order valence-electron chi connectivity index (χ1n) is 8.51. The lowest BCUT2D eigenvalue weighted by Crippen LogP contribution is -2.57. The monoisotopic (exact) mass is 371 g/mol. The predicted octanol–water partition coefficient (Wildman–Crippen LogP) is 1.28. The SMILES string of the molecule is CC1NCCN(C(=O)Cc2ccc(S(=O)(=O)N3CCCC3)s2)C1C. The van der Waals surface area contributed by atoms with Gasteiger partial charge in [-0.25, -0.2) is 8.42 Å². The van der Waals surface area contributed by atoms with E-state index >= 15 is 0 Å². The summed E-state index contributed by atoms with van der Waals surface area (Å²) in [4.78, 5) is 15.3. The highest BCUT2D eigenvalue weighted by molar-refractivity contribution is 7.91. The molecule has 0 aromatic carbocycles. The Hall–Kier alpha value is -0.960. The Morgan fingerprint density at radius 3 is 2.67 bits per heavy atom. The third-order valence-corrected chi connectivity index (χ3v) is 8.43. The van der Waals surface area contributed by atoms with Crippen LogP contribution in [0.1, 0.15) is 31.6 Å². The van der Waals surface area contributed by atoms with Crippen LogP contribution >= 0.6 is 11.3 Å². The molecule has 0 saturated carbocycles. The van der Waals surface area contributed by atoms with Gasteiger partial charge in [-0.15, -0.1) is 11.3 Å². The van der Waals surface area contributed by atoms with E-state index in [4.69, 9.17) is 0 Å². The summed E-state index contributed by atoms with van der Waals surface area (Å²) in [5.74, 6) is 0.0721. The summed E-state index contributed by atoms with van der Waals surface area (Å²) >= 11 is 1.23. The van der Waals surface area contributed by atoms with E-state index in [0.29, 0.717) is 23.8 Å². The van der Waals surface area contributed by atoms with Gasteiger partial charge in [-0.2, -0.15) is 4.31 Å². The number of sulfonamides is 1. The molecule has 2 unspecified atom stereocenters. The zero-order chi connectivity index (χ0) is 17.3. The van der Waals surface area contributed by atoms with Crippen molar-refractivity contribution in [1.29, 1.82) is 0 Å². The second kappa shape index (κ2) is 7.11. The molecule has 3 rings (SSSR count). The maximum atomic E-state index is 12.6. The highest BCUT2D eigenvalue weighted by atomic mass is 32.2. The molecule has 8 heteroatoms. The van der Waals surface area contributed by atoms with Crippen molar-refractivity contribution in [3.05, 3.63) is 17.0 Å². The van der Waals surface area contributed by atoms with Crippen molar-refractivity contribution in [2.45, 2.75) is 49.4 Å². The molecule has 1 aromatic rings. The molecule has 0 spiro atoms. The van der Waals surface area contributed by atoms with Gasteiger partial charge in [0.1, 0.15) is 4.21 Å². The van der Waals surface area contributed by atoms with Crippen molar-refractivity contribution in [2.24, 2.45) is 0 Å². The predicted molar refractivity (Wildman–Crippen MR) is 94.7 cm³/mol. The Labute approximate surface area is 147 Å². The van der Waals surface area contributed by atoms with Crippen LogP contribution in [0.5, 0.6) is 0 Å². The lowest BCUT2D eigenvalue weighted by Gasteiger charge is -2.38. The number of amides is 1. The number of hydrogen-bond acceptors (Lipinski definition) is 5. The zero-order valence-electron chi connectivity index (χ0n) is 14.2. The Kier molecular flexibility index (Phi) is 5.29. The molecule has 2 saturated heterocycles. The molecule has 134 valence electrons. The molecule has 6 nitrogen and oxygen atoms in total. The molecule has 2 aliphatic rings. The first-order valence-corrected chi connectivity index (χ1v) is 10.8. The topological polar surface area (TPSA) is 69.7 Å². The lowest BCUT2D eigenvalue weighted by molar-refractivity contribution is -0.134. The molecule has 1 aromatic heterocycles. The average molecular weight is 372 g/mol. The van der Waals surface area contributed by atoms with Gasteiger partial charge in [-0.1, -0.05) is 0 Å². The van der Waals surface area contributed by atoms with Crippen molar-refractivity contribution in [1.82, 2.24) is 14.5 Å². The van der Waals surface area contributed by atoms with Crippen LogP contribution < -0.4 is 5.32 Å². The minimum absolute atomic E-state index is 0.0721. The Balaban J connectivity index is 1.68. The maximum absolute atomic E-state index is 12.6. The minimum Gasteiger partial charge on any atom is -0.337 e. The van der Waals surface area contributed by atoms with Crippen LogP contribution in [0.4, 0.5) is 0 Å². The van der Waals surface area contributed by atoms with Crippen LogP contribution in [-0.2, 0) is 21.2 Å². The normalized spacial score (nSPS) is 26.0. The molecule has 2 aliphatic heterocycles. The quantitative estimate of drug-likeness (QED) is 0.866. The van der Waals surface area contributed by atoms with Gasteiger partial charge in [0.05, 0.1) is 6.42 Å². The molecule has 0 bridgehead atoms. The molecule has 2 atom stereocenters. The molecule has 0 radical (unpaired) electrons. The van der Waals surface area contributed by atoms with Crippen LogP contribution in [0.3, 0.4) is 0 Å². The second-order valence-corrected chi connectivity index (χ2v) is 9.91. The van der Waals surface area contributed by atoms with Crippen LogP contribution in [0, 0.1) is 0 Å². The van der Waals surface area contributed by atoms with Crippen molar-refractivity contribution < 1.29 is 13.2 Å². The van der Waals surface area contributed by atoms with E-state index < -0.39 is 10.0 Å². The number of hydrogen-bond donors (Lipinski definition) is 1. The smallest absolute Gasteiger partial charge is 0.252 e. The van der Waals surface area contributed by atoms with Gasteiger partial charge in [0.2, 0.25) is 5.91 Å². The average Bonchev–Trinajstić information content (AvgIpc) is 3.21. The van der Waals surface area contributed by atoms with Gasteiger partial charge in [-0.05, 0) is 38.8 Å². The number of nitrogens with zero attached hydrogens (tertiary/aromatic N) is 2. The molecule has 24 heavy (non-hydrogen) atoms. The molecular weight excluding hydrogens is 346 g/mol. The Morgan fingerprint density at radius 1 is 1.25 bits per heavy atom. The molecule has 1 amide bonds. The van der Waals surface area contributed by atoms with Gasteiger partial charge >= 0.3 is 0 Å². The molecular formula is C16H25N3O3S2. The lowest BCUT2D eigenvalue weighted by atomic mass is 10.1. The standard InChI is InChI=1S/C16H25N3O3S2/c1-12-13(2)19(10-7-17-12)15(20)11-14-5-6-16(23-14)24(21,22)18-8-3-4-9-18/h5-6,12-13,17H,3-4,7-11H2,1-2H3. The minimum atomic E-state index is -3.38. The van der Waals surface area contributed by atoms with E-state index in [1.807, 2.05) is 11.8 Å². The number of piperazine rings is 1. The van der Waals surface area contributed by atoms with Gasteiger partial charge < -0.3 is 10.2 Å². The number of nitrogens with one attached hydrogen (secondary N) is 1. The Morgan fingerprint density at radius 2 is 1.96 bits per heavy atom. The summed E-state index contributed by atoms with van der Waals surface area (Å²) in [5, 5.41) is 3.36. The van der Waals surface area contributed by atoms with Gasteiger partial charge in [0, 0.05) is 43.1 Å². The van der Waals surface area contributed by atoms with E-state index in [1.165, 1.54) is 11.3 Å². The summed E-state index contributed by atoms with van der Waals surface area (Å²) in [6, 6.07) is 3.85. The summed E-state index contributed by atoms with van der Waals surface area (Å²) in [7, 11) is -3.38. The van der Waals surface area contributed by atoms with Crippen LogP contribution in [0.2, 0.25) is 0 Å². The molecule has 0 aliphatic carbocycles. The number of thiophene rings is 1. The van der Waals surface area contributed by atoms with Crippen molar-refractivity contribution in [3.8, 4) is 0 Å². The maximum Gasteiger partial charge on any atom is 0.252 e. The largest absolute Gasteiger partial charge is 0.337 e. The third-order valence-electron chi connectivity index (χ3n) is 4.98. The van der Waals surface area contributed by atoms with Crippen LogP contribution in [-0.4, -0.2) is 61.8 Å². The number of carbonyl (C=O) groups is 1. The summed E-state index contributed by atoms with van der Waals surface area (Å²) < 4.78 is 27.0. The molecule has 1 N–H and O–H groups in total. The van der Waals surface area contributed by atoms with Crippen molar-refractivity contribution in [3.63, 3.8) is 0 Å². The number of carbonyl (C=O) groups excluding carboxylic acids is 1. The summed E-state index contributed by atoms with van der Waals surface area (Å²) in [5.41, 5.74) is 0. The van der Waals surface area contributed by atoms with E-state index in [0.717, 1.165) is 24.3 Å². The van der Waals surface area contributed by atoms with Gasteiger partial charge in [0.25, 0.3) is 10.0 Å². The second-order valence-electron chi connectivity index (χ2n) is 6.58. The summed E-state index contributed by atoms with van der Waals surface area (Å²) in [6.07, 6.45) is 2.13. The highest BCUT2D eigenvalue weighted by Crippen LogP contribution is 2.28. The third kappa shape index (κ3) is 3.51. The first kappa shape index (κ1) is 17.8. The fraction of sp³-hybridized carbons (Fsp3) is 0.688. The van der Waals surface area contributed by atoms with E-state index in [1.54, 1.807) is 16.4 Å². The molecule has 2 fully saturated rings. The fourth-order valence-electron chi connectivity index (χ4n) is 3.31. The molecule has 3 heterocycles. The van der Waals surface area contributed by atoms with Crippen LogP contribution in [0.25, 0.3) is 0 Å². The fourth-order valence-corrected chi connectivity index (χ4v) is 6.33. The van der Waals surface area contributed by atoms with Crippen molar-refractivity contribution >= 4 is 27.3 Å². The van der Waals surface area contributed by atoms with E-state index in [9.17, 15) is 13.2 Å². The number of rotatable bonds is 4. The van der Waals surface area contributed by atoms with Crippen LogP contribution in [0.15, 0.2) is 16.3 Å².